The third-order valence-corrected chi connectivity index (χ3v) is 4.12. The first-order valence-corrected chi connectivity index (χ1v) is 7.67. The Kier molecular flexibility index (Phi) is 3.34. The lowest BCUT2D eigenvalue weighted by atomic mass is 10.2. The highest BCUT2D eigenvalue weighted by atomic mass is 16.5. The quantitative estimate of drug-likeness (QED) is 0.788. The van der Waals surface area contributed by atoms with E-state index >= 15 is 0 Å². The molecular formula is C16H18N6O. The minimum absolute atomic E-state index is 0.397. The highest BCUT2D eigenvalue weighted by Gasteiger charge is 2.26. The van der Waals surface area contributed by atoms with Crippen LogP contribution in [0, 0.1) is 0 Å². The average Bonchev–Trinajstić information content (AvgIpc) is 2.93. The normalized spacial score (nSPS) is 14.8. The molecule has 7 heteroatoms. The number of nitrogens with two attached hydrogens (primary N) is 1. The summed E-state index contributed by atoms with van der Waals surface area (Å²) >= 11 is 0. The van der Waals surface area contributed by atoms with Gasteiger partial charge in [0.25, 0.3) is 0 Å². The summed E-state index contributed by atoms with van der Waals surface area (Å²) in [6, 6.07) is 8.13. The standard InChI is InChI=1S/C16H18N6O/c1-2-21(12-9-23-10-12)16-4-3-15-19-8-13(22(15)20-16)11-5-6-18-14(17)7-11/h3-8,12H,2,9-10H2,1H3,(H2,17,18). The SMILES string of the molecule is CCN(c1ccc2ncc(-c3ccnc(N)c3)n2n1)C1COC1. The second-order valence-electron chi connectivity index (χ2n) is 5.55. The third kappa shape index (κ3) is 2.39. The van der Waals surface area contributed by atoms with Crippen LogP contribution < -0.4 is 10.6 Å². The van der Waals surface area contributed by atoms with Crippen LogP contribution in [0.3, 0.4) is 0 Å². The Morgan fingerprint density at radius 1 is 1.30 bits per heavy atom. The fourth-order valence-electron chi connectivity index (χ4n) is 2.83. The zero-order valence-corrected chi connectivity index (χ0v) is 12.9. The predicted molar refractivity (Wildman–Crippen MR) is 88.3 cm³/mol. The number of likely N-dealkylation sites (N-methyl/N-ethyl adjacent to an activating group) is 1. The third-order valence-electron chi connectivity index (χ3n) is 4.12. The zero-order valence-electron chi connectivity index (χ0n) is 12.9. The maximum absolute atomic E-state index is 5.79. The maximum Gasteiger partial charge on any atom is 0.154 e. The molecule has 4 heterocycles. The molecule has 23 heavy (non-hydrogen) atoms. The van der Waals surface area contributed by atoms with Crippen molar-refractivity contribution >= 4 is 17.3 Å². The van der Waals surface area contributed by atoms with E-state index in [1.165, 1.54) is 0 Å². The Bertz CT molecular complexity index is 841. The van der Waals surface area contributed by atoms with Gasteiger partial charge in [-0.1, -0.05) is 0 Å². The van der Waals surface area contributed by atoms with Gasteiger partial charge in [-0.2, -0.15) is 0 Å². The van der Waals surface area contributed by atoms with Crippen LogP contribution in [0.2, 0.25) is 0 Å². The second-order valence-corrected chi connectivity index (χ2v) is 5.55. The Labute approximate surface area is 133 Å². The molecule has 4 rings (SSSR count). The van der Waals surface area contributed by atoms with Crippen molar-refractivity contribution in [3.63, 3.8) is 0 Å². The summed E-state index contributed by atoms with van der Waals surface area (Å²) in [5.74, 6) is 1.41. The Morgan fingerprint density at radius 3 is 2.87 bits per heavy atom. The summed E-state index contributed by atoms with van der Waals surface area (Å²) in [6.07, 6.45) is 3.50. The molecular weight excluding hydrogens is 292 g/mol. The van der Waals surface area contributed by atoms with E-state index in [0.29, 0.717) is 11.9 Å². The van der Waals surface area contributed by atoms with Crippen LogP contribution in [0.15, 0.2) is 36.7 Å². The molecule has 0 aromatic carbocycles. The first kappa shape index (κ1) is 14.0. The summed E-state index contributed by atoms with van der Waals surface area (Å²) in [4.78, 5) is 10.7. The summed E-state index contributed by atoms with van der Waals surface area (Å²) in [7, 11) is 0. The van der Waals surface area contributed by atoms with Crippen LogP contribution in [0.1, 0.15) is 6.92 Å². The molecule has 0 amide bonds. The lowest BCUT2D eigenvalue weighted by Gasteiger charge is -2.37. The number of aromatic nitrogens is 4. The van der Waals surface area contributed by atoms with E-state index in [2.05, 4.69) is 21.8 Å². The van der Waals surface area contributed by atoms with Crippen LogP contribution in [0.25, 0.3) is 16.9 Å². The van der Waals surface area contributed by atoms with Crippen LogP contribution in [0.5, 0.6) is 0 Å². The molecule has 3 aromatic rings. The van der Waals surface area contributed by atoms with Crippen molar-refractivity contribution in [3.8, 4) is 11.3 Å². The van der Waals surface area contributed by atoms with Gasteiger partial charge in [0.2, 0.25) is 0 Å². The summed E-state index contributed by atoms with van der Waals surface area (Å²) < 4.78 is 7.16. The van der Waals surface area contributed by atoms with Gasteiger partial charge < -0.3 is 15.4 Å². The molecule has 0 saturated carbocycles. The van der Waals surface area contributed by atoms with Crippen LogP contribution in [-0.4, -0.2) is 45.4 Å². The van der Waals surface area contributed by atoms with Crippen molar-refractivity contribution in [2.24, 2.45) is 0 Å². The van der Waals surface area contributed by atoms with E-state index in [9.17, 15) is 0 Å². The molecule has 118 valence electrons. The van der Waals surface area contributed by atoms with Crippen molar-refractivity contribution in [3.05, 3.63) is 36.7 Å². The monoisotopic (exact) mass is 310 g/mol. The molecule has 0 atom stereocenters. The zero-order chi connectivity index (χ0) is 15.8. The van der Waals surface area contributed by atoms with Crippen molar-refractivity contribution in [1.82, 2.24) is 19.6 Å². The lowest BCUT2D eigenvalue weighted by Crippen LogP contribution is -2.49. The lowest BCUT2D eigenvalue weighted by molar-refractivity contribution is 0.00814. The van der Waals surface area contributed by atoms with Gasteiger partial charge in [-0.3, -0.25) is 0 Å². The minimum Gasteiger partial charge on any atom is -0.384 e. The number of fused-ring (bicyclic) bond motifs is 1. The van der Waals surface area contributed by atoms with E-state index in [-0.39, 0.29) is 0 Å². The van der Waals surface area contributed by atoms with Crippen LogP contribution in [-0.2, 0) is 4.74 Å². The highest BCUT2D eigenvalue weighted by molar-refractivity contribution is 5.65. The van der Waals surface area contributed by atoms with Gasteiger partial charge in [0, 0.05) is 18.3 Å². The fourth-order valence-corrected chi connectivity index (χ4v) is 2.83. The van der Waals surface area contributed by atoms with Crippen molar-refractivity contribution < 1.29 is 4.74 Å². The van der Waals surface area contributed by atoms with E-state index in [1.54, 1.807) is 6.20 Å². The second kappa shape index (κ2) is 5.51. The molecule has 2 N–H and O–H groups in total. The molecule has 0 unspecified atom stereocenters. The van der Waals surface area contributed by atoms with Crippen molar-refractivity contribution in [1.29, 1.82) is 0 Å². The van der Waals surface area contributed by atoms with Gasteiger partial charge in [-0.25, -0.2) is 14.5 Å². The van der Waals surface area contributed by atoms with Crippen LogP contribution >= 0.6 is 0 Å². The number of pyridine rings is 1. The Hall–Kier alpha value is -2.67. The molecule has 0 aliphatic carbocycles. The Morgan fingerprint density at radius 2 is 2.17 bits per heavy atom. The van der Waals surface area contributed by atoms with E-state index < -0.39 is 0 Å². The number of hydrogen-bond acceptors (Lipinski definition) is 6. The number of rotatable bonds is 4. The molecule has 0 bridgehead atoms. The number of nitrogens with zero attached hydrogens (tertiary/aromatic N) is 5. The topological polar surface area (TPSA) is 81.6 Å². The van der Waals surface area contributed by atoms with E-state index in [0.717, 1.165) is 42.5 Å². The summed E-state index contributed by atoms with van der Waals surface area (Å²) in [5, 5.41) is 4.78. The highest BCUT2D eigenvalue weighted by Crippen LogP contribution is 2.24. The molecule has 1 saturated heterocycles. The summed E-state index contributed by atoms with van der Waals surface area (Å²) in [6.45, 7) is 4.53. The average molecular weight is 310 g/mol. The van der Waals surface area contributed by atoms with Crippen LogP contribution in [0.4, 0.5) is 11.6 Å². The number of hydrogen-bond donors (Lipinski definition) is 1. The first-order valence-electron chi connectivity index (χ1n) is 7.67. The number of imidazole rings is 1. The van der Waals surface area contributed by atoms with Crippen molar-refractivity contribution in [2.75, 3.05) is 30.4 Å². The smallest absolute Gasteiger partial charge is 0.154 e. The van der Waals surface area contributed by atoms with Gasteiger partial charge in [0.1, 0.15) is 11.6 Å². The van der Waals surface area contributed by atoms with Gasteiger partial charge in [0.15, 0.2) is 5.65 Å². The number of anilines is 2. The fraction of sp³-hybridized carbons (Fsp3) is 0.312. The summed E-state index contributed by atoms with van der Waals surface area (Å²) in [5.41, 5.74) is 8.44. The van der Waals surface area contributed by atoms with Gasteiger partial charge in [-0.15, -0.1) is 5.10 Å². The molecule has 1 aliphatic heterocycles. The molecule has 1 aliphatic rings. The molecule has 1 fully saturated rings. The predicted octanol–water partition coefficient (Wildman–Crippen LogP) is 1.60. The number of nitrogen functional groups attached to an aromatic ring is 1. The largest absolute Gasteiger partial charge is 0.384 e. The van der Waals surface area contributed by atoms with Gasteiger partial charge in [-0.05, 0) is 31.2 Å². The van der Waals surface area contributed by atoms with Crippen molar-refractivity contribution in [2.45, 2.75) is 13.0 Å². The molecule has 0 spiro atoms. The number of ether oxygens (including phenoxy) is 1. The minimum atomic E-state index is 0.397. The van der Waals surface area contributed by atoms with Gasteiger partial charge in [0.05, 0.1) is 31.1 Å². The molecule has 7 nitrogen and oxygen atoms in total. The Balaban J connectivity index is 1.79. The molecule has 0 radical (unpaired) electrons. The molecule has 3 aromatic heterocycles. The van der Waals surface area contributed by atoms with Gasteiger partial charge >= 0.3 is 0 Å². The first-order chi connectivity index (χ1) is 11.3. The van der Waals surface area contributed by atoms with E-state index in [4.69, 9.17) is 15.6 Å². The maximum atomic E-state index is 5.79. The van der Waals surface area contributed by atoms with E-state index in [1.807, 2.05) is 35.0 Å².